The van der Waals surface area contributed by atoms with Gasteiger partial charge in [0.05, 0.1) is 12.1 Å². The van der Waals surface area contributed by atoms with Crippen LogP contribution in [0.5, 0.6) is 11.5 Å². The van der Waals surface area contributed by atoms with Gasteiger partial charge < -0.3 is 15.2 Å². The molecule has 0 aliphatic rings. The number of hydrogen-bond donors (Lipinski definition) is 2. The maximum Gasteiger partial charge on any atom is 0.255 e. The Balaban J connectivity index is 1.82. The number of ether oxygens (including phenoxy) is 1. The zero-order chi connectivity index (χ0) is 14.4. The molecule has 0 bridgehead atoms. The number of benzene rings is 2. The summed E-state index contributed by atoms with van der Waals surface area (Å²) < 4.78 is 6.36. The van der Waals surface area contributed by atoms with Crippen molar-refractivity contribution in [3.63, 3.8) is 0 Å². The summed E-state index contributed by atoms with van der Waals surface area (Å²) in [6.07, 6.45) is 0. The molecular weight excluding hydrogens is 369 g/mol. The smallest absolute Gasteiger partial charge is 0.255 e. The highest BCUT2D eigenvalue weighted by Gasteiger charge is 2.10. The molecular formula is C15H14INO3. The van der Waals surface area contributed by atoms with E-state index in [0.717, 1.165) is 9.32 Å². The zero-order valence-electron chi connectivity index (χ0n) is 10.7. The molecule has 2 rings (SSSR count). The standard InChI is InChI=1S/C15H14INO3/c16-11-6-7-14(18)13(10-11)15(19)17-8-9-20-12-4-2-1-3-5-12/h1-7,10,18H,8-9H2,(H,17,19). The molecule has 1 amide bonds. The van der Waals surface area contributed by atoms with Gasteiger partial charge >= 0.3 is 0 Å². The number of phenolic OH excluding ortho intramolecular Hbond substituents is 1. The highest BCUT2D eigenvalue weighted by molar-refractivity contribution is 14.1. The second-order valence-electron chi connectivity index (χ2n) is 4.08. The van der Waals surface area contributed by atoms with Crippen molar-refractivity contribution in [3.05, 3.63) is 57.7 Å². The van der Waals surface area contributed by atoms with Gasteiger partial charge in [0.2, 0.25) is 0 Å². The quantitative estimate of drug-likeness (QED) is 0.617. The topological polar surface area (TPSA) is 58.6 Å². The molecule has 0 aromatic heterocycles. The minimum atomic E-state index is -0.308. The summed E-state index contributed by atoms with van der Waals surface area (Å²) in [5, 5.41) is 12.4. The van der Waals surface area contributed by atoms with Gasteiger partial charge in [0.1, 0.15) is 18.1 Å². The van der Waals surface area contributed by atoms with Crippen molar-refractivity contribution in [2.75, 3.05) is 13.2 Å². The summed E-state index contributed by atoms with van der Waals surface area (Å²) in [4.78, 5) is 11.9. The number of carbonyl (C=O) groups is 1. The van der Waals surface area contributed by atoms with Gasteiger partial charge in [-0.15, -0.1) is 0 Å². The maximum absolute atomic E-state index is 11.9. The lowest BCUT2D eigenvalue weighted by Crippen LogP contribution is -2.28. The Morgan fingerprint density at radius 2 is 1.95 bits per heavy atom. The lowest BCUT2D eigenvalue weighted by atomic mass is 10.2. The minimum absolute atomic E-state index is 0.0214. The lowest BCUT2D eigenvalue weighted by molar-refractivity contribution is 0.0944. The average molecular weight is 383 g/mol. The van der Waals surface area contributed by atoms with Crippen LogP contribution in [0.15, 0.2) is 48.5 Å². The molecule has 0 saturated heterocycles. The first kappa shape index (κ1) is 14.6. The van der Waals surface area contributed by atoms with E-state index in [4.69, 9.17) is 4.74 Å². The molecule has 0 saturated carbocycles. The van der Waals surface area contributed by atoms with Crippen molar-refractivity contribution in [2.45, 2.75) is 0 Å². The highest BCUT2D eigenvalue weighted by Crippen LogP contribution is 2.19. The molecule has 4 nitrogen and oxygen atoms in total. The van der Waals surface area contributed by atoms with Gasteiger partial charge in [-0.05, 0) is 52.9 Å². The van der Waals surface area contributed by atoms with Gasteiger partial charge in [-0.3, -0.25) is 4.79 Å². The van der Waals surface area contributed by atoms with Crippen molar-refractivity contribution in [3.8, 4) is 11.5 Å². The van der Waals surface area contributed by atoms with E-state index in [1.165, 1.54) is 6.07 Å². The number of para-hydroxylation sites is 1. The van der Waals surface area contributed by atoms with Gasteiger partial charge in [-0.2, -0.15) is 0 Å². The van der Waals surface area contributed by atoms with E-state index in [0.29, 0.717) is 13.2 Å². The van der Waals surface area contributed by atoms with Crippen molar-refractivity contribution in [1.82, 2.24) is 5.32 Å². The predicted molar refractivity (Wildman–Crippen MR) is 85.1 cm³/mol. The monoisotopic (exact) mass is 383 g/mol. The van der Waals surface area contributed by atoms with Crippen LogP contribution in [0.1, 0.15) is 10.4 Å². The molecule has 20 heavy (non-hydrogen) atoms. The Hall–Kier alpha value is -1.76. The molecule has 0 spiro atoms. The second kappa shape index (κ2) is 7.14. The molecule has 0 unspecified atom stereocenters. The molecule has 0 radical (unpaired) electrons. The van der Waals surface area contributed by atoms with Crippen molar-refractivity contribution >= 4 is 28.5 Å². The number of phenols is 1. The Morgan fingerprint density at radius 1 is 1.20 bits per heavy atom. The third-order valence-electron chi connectivity index (χ3n) is 2.60. The van der Waals surface area contributed by atoms with Crippen LogP contribution >= 0.6 is 22.6 Å². The van der Waals surface area contributed by atoms with E-state index in [1.54, 1.807) is 12.1 Å². The molecule has 0 aliphatic carbocycles. The fraction of sp³-hybridized carbons (Fsp3) is 0.133. The third-order valence-corrected chi connectivity index (χ3v) is 3.27. The molecule has 104 valence electrons. The van der Waals surface area contributed by atoms with Crippen molar-refractivity contribution in [1.29, 1.82) is 0 Å². The number of aromatic hydroxyl groups is 1. The first-order valence-corrected chi connectivity index (χ1v) is 7.19. The Morgan fingerprint density at radius 3 is 2.70 bits per heavy atom. The van der Waals surface area contributed by atoms with Crippen LogP contribution < -0.4 is 10.1 Å². The molecule has 2 aromatic carbocycles. The van der Waals surface area contributed by atoms with Crippen LogP contribution in [0.2, 0.25) is 0 Å². The van der Waals surface area contributed by atoms with Crippen LogP contribution in [0.3, 0.4) is 0 Å². The van der Waals surface area contributed by atoms with Gasteiger partial charge in [0.15, 0.2) is 0 Å². The Kier molecular flexibility index (Phi) is 5.23. The SMILES string of the molecule is O=C(NCCOc1ccccc1)c1cc(I)ccc1O. The maximum atomic E-state index is 11.9. The fourth-order valence-electron chi connectivity index (χ4n) is 1.64. The van der Waals surface area contributed by atoms with E-state index >= 15 is 0 Å². The Labute approximate surface area is 130 Å². The molecule has 0 heterocycles. The van der Waals surface area contributed by atoms with Gasteiger partial charge in [0.25, 0.3) is 5.91 Å². The summed E-state index contributed by atoms with van der Waals surface area (Å²) in [6.45, 7) is 0.749. The number of hydrogen-bond acceptors (Lipinski definition) is 3. The van der Waals surface area contributed by atoms with E-state index in [-0.39, 0.29) is 17.2 Å². The summed E-state index contributed by atoms with van der Waals surface area (Å²) >= 11 is 2.09. The third kappa shape index (κ3) is 4.12. The number of amides is 1. The molecule has 0 aliphatic heterocycles. The summed E-state index contributed by atoms with van der Waals surface area (Å²) in [7, 11) is 0. The predicted octanol–water partition coefficient (Wildman–Crippen LogP) is 2.81. The van der Waals surface area contributed by atoms with E-state index in [9.17, 15) is 9.90 Å². The van der Waals surface area contributed by atoms with Gasteiger partial charge in [-0.1, -0.05) is 18.2 Å². The largest absolute Gasteiger partial charge is 0.507 e. The van der Waals surface area contributed by atoms with E-state index in [2.05, 4.69) is 27.9 Å². The summed E-state index contributed by atoms with van der Waals surface area (Å²) in [5.74, 6) is 0.434. The average Bonchev–Trinajstić information content (AvgIpc) is 2.47. The first-order chi connectivity index (χ1) is 9.66. The molecule has 0 atom stereocenters. The van der Waals surface area contributed by atoms with Crippen LogP contribution in [0, 0.1) is 3.57 Å². The number of halogens is 1. The van der Waals surface area contributed by atoms with Crippen LogP contribution in [-0.2, 0) is 0 Å². The molecule has 5 heteroatoms. The highest BCUT2D eigenvalue weighted by atomic mass is 127. The van der Waals surface area contributed by atoms with Crippen LogP contribution in [0.25, 0.3) is 0 Å². The van der Waals surface area contributed by atoms with E-state index in [1.807, 2.05) is 30.3 Å². The summed E-state index contributed by atoms with van der Waals surface area (Å²) in [6, 6.07) is 14.3. The van der Waals surface area contributed by atoms with E-state index < -0.39 is 0 Å². The fourth-order valence-corrected chi connectivity index (χ4v) is 2.13. The normalized spacial score (nSPS) is 10.1. The zero-order valence-corrected chi connectivity index (χ0v) is 12.8. The molecule has 2 aromatic rings. The lowest BCUT2D eigenvalue weighted by Gasteiger charge is -2.08. The first-order valence-electron chi connectivity index (χ1n) is 6.11. The number of rotatable bonds is 5. The molecule has 2 N–H and O–H groups in total. The minimum Gasteiger partial charge on any atom is -0.507 e. The van der Waals surface area contributed by atoms with Crippen molar-refractivity contribution in [2.24, 2.45) is 0 Å². The van der Waals surface area contributed by atoms with Crippen molar-refractivity contribution < 1.29 is 14.6 Å². The Bertz CT molecular complexity index is 587. The number of carbonyl (C=O) groups excluding carboxylic acids is 1. The molecule has 0 fully saturated rings. The van der Waals surface area contributed by atoms with Gasteiger partial charge in [-0.25, -0.2) is 0 Å². The second-order valence-corrected chi connectivity index (χ2v) is 5.32. The number of nitrogens with one attached hydrogen (secondary N) is 1. The van der Waals surface area contributed by atoms with Crippen LogP contribution in [0.4, 0.5) is 0 Å². The van der Waals surface area contributed by atoms with Gasteiger partial charge in [0, 0.05) is 3.57 Å². The summed E-state index contributed by atoms with van der Waals surface area (Å²) in [5.41, 5.74) is 0.275. The van der Waals surface area contributed by atoms with Crippen LogP contribution in [-0.4, -0.2) is 24.2 Å².